The Balaban J connectivity index is 1.76. The van der Waals surface area contributed by atoms with E-state index in [1.807, 2.05) is 68.2 Å². The molecule has 0 bridgehead atoms. The van der Waals surface area contributed by atoms with E-state index in [4.69, 9.17) is 4.74 Å². The number of aromatic nitrogens is 2. The van der Waals surface area contributed by atoms with Crippen LogP contribution in [-0.2, 0) is 4.74 Å². The summed E-state index contributed by atoms with van der Waals surface area (Å²) < 4.78 is 7.04. The minimum absolute atomic E-state index is 0.142. The summed E-state index contributed by atoms with van der Waals surface area (Å²) in [5.74, 6) is 0. The minimum Gasteiger partial charge on any atom is -0.444 e. The normalized spacial score (nSPS) is 12.7. The van der Waals surface area contributed by atoms with Crippen LogP contribution in [0.25, 0.3) is 5.69 Å². The first kappa shape index (κ1) is 18.0. The molecule has 130 valence electrons. The lowest BCUT2D eigenvalue weighted by atomic mass is 10.2. The summed E-state index contributed by atoms with van der Waals surface area (Å²) in [5, 5.41) is 10.5. The molecule has 0 aliphatic heterocycles. The second-order valence-electron chi connectivity index (χ2n) is 6.66. The van der Waals surface area contributed by atoms with E-state index in [0.29, 0.717) is 13.1 Å². The quantitative estimate of drug-likeness (QED) is 0.799. The first-order valence-corrected chi connectivity index (χ1v) is 8.15. The van der Waals surface area contributed by atoms with Crippen molar-refractivity contribution >= 4 is 6.09 Å². The Labute approximate surface area is 143 Å². The molecule has 0 fully saturated rings. The monoisotopic (exact) mass is 330 g/mol. The summed E-state index contributed by atoms with van der Waals surface area (Å²) in [6.45, 7) is 8.76. The fourth-order valence-electron chi connectivity index (χ4n) is 2.17. The summed E-state index contributed by atoms with van der Waals surface area (Å²) in [5.41, 5.74) is 1.65. The topological polar surface area (TPSA) is 68.2 Å². The predicted molar refractivity (Wildman–Crippen MR) is 94.2 cm³/mol. The molecule has 2 rings (SSSR count). The Bertz CT molecular complexity index is 647. The van der Waals surface area contributed by atoms with Gasteiger partial charge in [0.2, 0.25) is 0 Å². The average Bonchev–Trinajstić information content (AvgIpc) is 3.00. The lowest BCUT2D eigenvalue weighted by Crippen LogP contribution is -2.36. The number of benzene rings is 1. The number of carbonyl (C=O) groups excluding carboxylic acids is 1. The van der Waals surface area contributed by atoms with Gasteiger partial charge in [0.1, 0.15) is 5.60 Å². The van der Waals surface area contributed by atoms with E-state index in [9.17, 15) is 4.79 Å². The van der Waals surface area contributed by atoms with Gasteiger partial charge < -0.3 is 15.4 Å². The highest BCUT2D eigenvalue weighted by atomic mass is 16.6. The van der Waals surface area contributed by atoms with Crippen LogP contribution in [0.4, 0.5) is 4.79 Å². The second-order valence-corrected chi connectivity index (χ2v) is 6.66. The number of ether oxygens (including phenoxy) is 1. The molecule has 1 aromatic heterocycles. The molecule has 1 unspecified atom stereocenters. The summed E-state index contributed by atoms with van der Waals surface area (Å²) in [6.07, 6.45) is 3.47. The van der Waals surface area contributed by atoms with Crippen molar-refractivity contribution in [3.05, 3.63) is 48.3 Å². The Hall–Kier alpha value is -2.34. The Kier molecular flexibility index (Phi) is 5.98. The van der Waals surface area contributed by atoms with Crippen LogP contribution in [0, 0.1) is 0 Å². The first-order valence-electron chi connectivity index (χ1n) is 8.15. The van der Waals surface area contributed by atoms with Gasteiger partial charge in [-0.15, -0.1) is 0 Å². The lowest BCUT2D eigenvalue weighted by molar-refractivity contribution is 0.0528. The highest BCUT2D eigenvalue weighted by Gasteiger charge is 2.15. The summed E-state index contributed by atoms with van der Waals surface area (Å²) in [4.78, 5) is 11.6. The molecule has 1 aromatic carbocycles. The van der Waals surface area contributed by atoms with Crippen LogP contribution < -0.4 is 10.6 Å². The van der Waals surface area contributed by atoms with Gasteiger partial charge in [-0.05, 0) is 39.8 Å². The van der Waals surface area contributed by atoms with Crippen molar-refractivity contribution in [2.24, 2.45) is 0 Å². The van der Waals surface area contributed by atoms with Gasteiger partial charge in [-0.25, -0.2) is 9.48 Å². The molecule has 6 heteroatoms. The van der Waals surface area contributed by atoms with Crippen molar-refractivity contribution in [3.8, 4) is 5.69 Å². The van der Waals surface area contributed by atoms with E-state index < -0.39 is 11.7 Å². The van der Waals surface area contributed by atoms with Crippen LogP contribution in [0.5, 0.6) is 0 Å². The number of rotatable bonds is 6. The second kappa shape index (κ2) is 7.97. The van der Waals surface area contributed by atoms with E-state index in [1.165, 1.54) is 0 Å². The zero-order valence-electron chi connectivity index (χ0n) is 14.7. The number of hydrogen-bond acceptors (Lipinski definition) is 4. The molecular weight excluding hydrogens is 304 g/mol. The van der Waals surface area contributed by atoms with Crippen LogP contribution in [0.2, 0.25) is 0 Å². The maximum absolute atomic E-state index is 11.6. The molecule has 0 aliphatic carbocycles. The molecule has 0 spiro atoms. The Morgan fingerprint density at radius 3 is 2.62 bits per heavy atom. The minimum atomic E-state index is -0.475. The van der Waals surface area contributed by atoms with Gasteiger partial charge >= 0.3 is 6.09 Å². The number of para-hydroxylation sites is 1. The van der Waals surface area contributed by atoms with Crippen molar-refractivity contribution in [3.63, 3.8) is 0 Å². The summed E-state index contributed by atoms with van der Waals surface area (Å²) >= 11 is 0. The number of alkyl carbamates (subject to hydrolysis) is 1. The van der Waals surface area contributed by atoms with Gasteiger partial charge in [0, 0.05) is 30.9 Å². The van der Waals surface area contributed by atoms with Gasteiger partial charge in [0.15, 0.2) is 0 Å². The number of carbonyl (C=O) groups is 1. The molecule has 0 radical (unpaired) electrons. The van der Waals surface area contributed by atoms with Gasteiger partial charge in [-0.1, -0.05) is 18.2 Å². The van der Waals surface area contributed by atoms with Crippen LogP contribution >= 0.6 is 0 Å². The number of nitrogens with one attached hydrogen (secondary N) is 2. The standard InChI is InChI=1S/C18H26N4O2/c1-14(19-10-11-20-17(23)24-18(2,3)4)15-12-21-22(13-15)16-8-6-5-7-9-16/h5-9,12-14,19H,10-11H2,1-4H3,(H,20,23). The third kappa shape index (κ3) is 5.70. The zero-order valence-corrected chi connectivity index (χ0v) is 14.7. The molecule has 0 aliphatic rings. The van der Waals surface area contributed by atoms with Gasteiger partial charge in [0.25, 0.3) is 0 Å². The van der Waals surface area contributed by atoms with Crippen molar-refractivity contribution in [1.29, 1.82) is 0 Å². The summed E-state index contributed by atoms with van der Waals surface area (Å²) in [6, 6.07) is 10.1. The van der Waals surface area contributed by atoms with E-state index >= 15 is 0 Å². The maximum Gasteiger partial charge on any atom is 0.407 e. The van der Waals surface area contributed by atoms with Crippen molar-refractivity contribution in [1.82, 2.24) is 20.4 Å². The van der Waals surface area contributed by atoms with Crippen LogP contribution in [0.1, 0.15) is 39.3 Å². The number of nitrogens with zero attached hydrogens (tertiary/aromatic N) is 2. The van der Waals surface area contributed by atoms with Crippen molar-refractivity contribution < 1.29 is 9.53 Å². The third-order valence-corrected chi connectivity index (χ3v) is 3.37. The molecule has 0 saturated carbocycles. The lowest BCUT2D eigenvalue weighted by Gasteiger charge is -2.20. The molecule has 2 aromatic rings. The van der Waals surface area contributed by atoms with E-state index in [2.05, 4.69) is 22.7 Å². The van der Waals surface area contributed by atoms with Crippen LogP contribution in [0.3, 0.4) is 0 Å². The zero-order chi connectivity index (χ0) is 17.6. The first-order chi connectivity index (χ1) is 11.3. The average molecular weight is 330 g/mol. The molecule has 2 N–H and O–H groups in total. The summed E-state index contributed by atoms with van der Waals surface area (Å²) in [7, 11) is 0. The molecular formula is C18H26N4O2. The number of hydrogen-bond donors (Lipinski definition) is 2. The number of amides is 1. The maximum atomic E-state index is 11.6. The SMILES string of the molecule is CC(NCCNC(=O)OC(C)(C)C)c1cnn(-c2ccccc2)c1. The fourth-order valence-corrected chi connectivity index (χ4v) is 2.17. The van der Waals surface area contributed by atoms with Crippen molar-refractivity contribution in [2.45, 2.75) is 39.3 Å². The largest absolute Gasteiger partial charge is 0.444 e. The highest BCUT2D eigenvalue weighted by molar-refractivity contribution is 5.67. The van der Waals surface area contributed by atoms with Crippen LogP contribution in [-0.4, -0.2) is 34.6 Å². The Morgan fingerprint density at radius 2 is 1.96 bits per heavy atom. The highest BCUT2D eigenvalue weighted by Crippen LogP contribution is 2.14. The van der Waals surface area contributed by atoms with Gasteiger partial charge in [-0.3, -0.25) is 0 Å². The van der Waals surface area contributed by atoms with E-state index in [0.717, 1.165) is 11.3 Å². The molecule has 24 heavy (non-hydrogen) atoms. The van der Waals surface area contributed by atoms with Crippen molar-refractivity contribution in [2.75, 3.05) is 13.1 Å². The fraction of sp³-hybridized carbons (Fsp3) is 0.444. The predicted octanol–water partition coefficient (Wildman–Crippen LogP) is 3.05. The molecule has 1 amide bonds. The molecule has 6 nitrogen and oxygen atoms in total. The molecule has 1 heterocycles. The third-order valence-electron chi connectivity index (χ3n) is 3.37. The smallest absolute Gasteiger partial charge is 0.407 e. The van der Waals surface area contributed by atoms with Gasteiger partial charge in [0.05, 0.1) is 11.9 Å². The molecule has 0 saturated heterocycles. The molecule has 1 atom stereocenters. The Morgan fingerprint density at radius 1 is 1.25 bits per heavy atom. The van der Waals surface area contributed by atoms with E-state index in [-0.39, 0.29) is 6.04 Å². The van der Waals surface area contributed by atoms with Gasteiger partial charge in [-0.2, -0.15) is 5.10 Å². The van der Waals surface area contributed by atoms with E-state index in [1.54, 1.807) is 0 Å². The van der Waals surface area contributed by atoms with Crippen LogP contribution in [0.15, 0.2) is 42.7 Å².